The largest absolute Gasteiger partial charge is 0.494 e. The smallest absolute Gasteiger partial charge is 0.119 e. The molecule has 1 aromatic rings. The maximum Gasteiger partial charge on any atom is 0.119 e. The molecule has 3 heteroatoms. The second-order valence-corrected chi connectivity index (χ2v) is 6.23. The summed E-state index contributed by atoms with van der Waals surface area (Å²) in [5.41, 5.74) is 1.03. The number of nitrogens with zero attached hydrogens (tertiary/aromatic N) is 1. The standard InChI is InChI=1S/C17H25NO2/c1-3-20-16-8-4-12(5-9-16)17(19)13-10-14-6-7-15(11-13)18(14)2/h4-5,8-9,13-15,17,19H,3,6-7,10-11H2,1-2H3. The fraction of sp³-hybridized carbons (Fsp3) is 0.647. The minimum Gasteiger partial charge on any atom is -0.494 e. The fourth-order valence-electron chi connectivity index (χ4n) is 3.91. The molecule has 2 saturated heterocycles. The Bertz CT molecular complexity index is 431. The van der Waals surface area contributed by atoms with Crippen molar-refractivity contribution < 1.29 is 9.84 Å². The Morgan fingerprint density at radius 1 is 1.20 bits per heavy atom. The number of ether oxygens (including phenoxy) is 1. The summed E-state index contributed by atoms with van der Waals surface area (Å²) in [6.07, 6.45) is 4.52. The van der Waals surface area contributed by atoms with Gasteiger partial charge in [0.05, 0.1) is 12.7 Å². The molecule has 2 heterocycles. The van der Waals surface area contributed by atoms with E-state index in [1.165, 1.54) is 12.8 Å². The highest BCUT2D eigenvalue weighted by Crippen LogP contribution is 2.42. The zero-order valence-corrected chi connectivity index (χ0v) is 12.5. The molecule has 0 saturated carbocycles. The van der Waals surface area contributed by atoms with Crippen LogP contribution >= 0.6 is 0 Å². The van der Waals surface area contributed by atoms with Crippen molar-refractivity contribution in [2.24, 2.45) is 5.92 Å². The second kappa shape index (κ2) is 5.74. The minimum atomic E-state index is -0.331. The maximum atomic E-state index is 10.7. The lowest BCUT2D eigenvalue weighted by Gasteiger charge is -2.38. The van der Waals surface area contributed by atoms with Gasteiger partial charge in [-0.3, -0.25) is 0 Å². The first-order valence-electron chi connectivity index (χ1n) is 7.81. The fourth-order valence-corrected chi connectivity index (χ4v) is 3.91. The van der Waals surface area contributed by atoms with E-state index in [0.29, 0.717) is 24.6 Å². The van der Waals surface area contributed by atoms with Crippen molar-refractivity contribution in [1.29, 1.82) is 0 Å². The summed E-state index contributed by atoms with van der Waals surface area (Å²) in [4.78, 5) is 2.52. The molecular formula is C17H25NO2. The van der Waals surface area contributed by atoms with Crippen LogP contribution in [0.15, 0.2) is 24.3 Å². The molecular weight excluding hydrogens is 250 g/mol. The third-order valence-corrected chi connectivity index (χ3v) is 5.11. The molecule has 0 spiro atoms. The van der Waals surface area contributed by atoms with Gasteiger partial charge in [0.15, 0.2) is 0 Å². The molecule has 2 aliphatic heterocycles. The highest BCUT2D eigenvalue weighted by Gasteiger charge is 2.40. The van der Waals surface area contributed by atoms with Crippen molar-refractivity contribution in [3.63, 3.8) is 0 Å². The van der Waals surface area contributed by atoms with E-state index in [-0.39, 0.29) is 6.10 Å². The third kappa shape index (κ3) is 2.57. The zero-order chi connectivity index (χ0) is 14.1. The molecule has 3 nitrogen and oxygen atoms in total. The van der Waals surface area contributed by atoms with E-state index in [1.807, 2.05) is 31.2 Å². The molecule has 0 aliphatic carbocycles. The second-order valence-electron chi connectivity index (χ2n) is 6.23. The average molecular weight is 275 g/mol. The van der Waals surface area contributed by atoms with Crippen LogP contribution in [0.3, 0.4) is 0 Å². The van der Waals surface area contributed by atoms with Crippen molar-refractivity contribution in [2.45, 2.75) is 50.8 Å². The van der Waals surface area contributed by atoms with Crippen molar-refractivity contribution in [3.05, 3.63) is 29.8 Å². The van der Waals surface area contributed by atoms with Gasteiger partial charge >= 0.3 is 0 Å². The van der Waals surface area contributed by atoms with Gasteiger partial charge < -0.3 is 14.7 Å². The van der Waals surface area contributed by atoms with Crippen LogP contribution in [0.1, 0.15) is 44.3 Å². The molecule has 3 atom stereocenters. The summed E-state index contributed by atoms with van der Waals surface area (Å²) in [5, 5.41) is 10.7. The maximum absolute atomic E-state index is 10.7. The summed E-state index contributed by atoms with van der Waals surface area (Å²) in [6, 6.07) is 9.30. The van der Waals surface area contributed by atoms with E-state index in [9.17, 15) is 5.11 Å². The number of fused-ring (bicyclic) bond motifs is 2. The summed E-state index contributed by atoms with van der Waals surface area (Å²) < 4.78 is 5.46. The number of hydrogen-bond acceptors (Lipinski definition) is 3. The highest BCUT2D eigenvalue weighted by atomic mass is 16.5. The van der Waals surface area contributed by atoms with E-state index in [2.05, 4.69) is 11.9 Å². The Labute approximate surface area is 121 Å². The minimum absolute atomic E-state index is 0.331. The molecule has 2 aliphatic rings. The highest BCUT2D eigenvalue weighted by molar-refractivity contribution is 5.29. The first kappa shape index (κ1) is 13.9. The van der Waals surface area contributed by atoms with Gasteiger partial charge in [0, 0.05) is 12.1 Å². The van der Waals surface area contributed by atoms with Crippen LogP contribution < -0.4 is 4.74 Å². The van der Waals surface area contributed by atoms with Gasteiger partial charge in [0.2, 0.25) is 0 Å². The zero-order valence-electron chi connectivity index (χ0n) is 12.5. The first-order valence-corrected chi connectivity index (χ1v) is 7.81. The molecule has 0 aromatic heterocycles. The number of hydrogen-bond donors (Lipinski definition) is 1. The van der Waals surface area contributed by atoms with Crippen molar-refractivity contribution in [2.75, 3.05) is 13.7 Å². The lowest BCUT2D eigenvalue weighted by Crippen LogP contribution is -2.41. The molecule has 2 fully saturated rings. The first-order chi connectivity index (χ1) is 9.69. The Kier molecular flexibility index (Phi) is 3.99. The molecule has 0 amide bonds. The van der Waals surface area contributed by atoms with Crippen LogP contribution in [0.25, 0.3) is 0 Å². The SMILES string of the molecule is CCOc1ccc(C(O)C2CC3CCC(C2)N3C)cc1. The molecule has 2 bridgehead atoms. The Hall–Kier alpha value is -1.06. The van der Waals surface area contributed by atoms with Gasteiger partial charge in [0.1, 0.15) is 5.75 Å². The van der Waals surface area contributed by atoms with Gasteiger partial charge in [-0.2, -0.15) is 0 Å². The van der Waals surface area contributed by atoms with Gasteiger partial charge in [0.25, 0.3) is 0 Å². The number of piperidine rings is 1. The van der Waals surface area contributed by atoms with E-state index in [1.54, 1.807) is 0 Å². The summed E-state index contributed by atoms with van der Waals surface area (Å²) in [5.74, 6) is 1.29. The van der Waals surface area contributed by atoms with Crippen LogP contribution in [0.2, 0.25) is 0 Å². The number of benzene rings is 1. The monoisotopic (exact) mass is 275 g/mol. The lowest BCUT2D eigenvalue weighted by molar-refractivity contribution is 0.0356. The predicted molar refractivity (Wildman–Crippen MR) is 79.9 cm³/mol. The normalized spacial score (nSPS) is 31.2. The summed E-state index contributed by atoms with van der Waals surface area (Å²) >= 11 is 0. The molecule has 110 valence electrons. The summed E-state index contributed by atoms with van der Waals surface area (Å²) in [6.45, 7) is 2.66. The summed E-state index contributed by atoms with van der Waals surface area (Å²) in [7, 11) is 2.24. The van der Waals surface area contributed by atoms with Crippen molar-refractivity contribution >= 4 is 0 Å². The van der Waals surface area contributed by atoms with Crippen molar-refractivity contribution in [3.8, 4) is 5.75 Å². The topological polar surface area (TPSA) is 32.7 Å². The third-order valence-electron chi connectivity index (χ3n) is 5.11. The number of aliphatic hydroxyl groups is 1. The molecule has 3 unspecified atom stereocenters. The quantitative estimate of drug-likeness (QED) is 0.917. The Morgan fingerprint density at radius 2 is 1.80 bits per heavy atom. The lowest BCUT2D eigenvalue weighted by atomic mass is 9.84. The van der Waals surface area contributed by atoms with Crippen LogP contribution in [0.4, 0.5) is 0 Å². The number of rotatable bonds is 4. The Balaban J connectivity index is 1.68. The van der Waals surface area contributed by atoms with Gasteiger partial charge in [-0.15, -0.1) is 0 Å². The van der Waals surface area contributed by atoms with Crippen LogP contribution in [0, 0.1) is 5.92 Å². The number of aliphatic hydroxyl groups excluding tert-OH is 1. The van der Waals surface area contributed by atoms with E-state index < -0.39 is 0 Å². The molecule has 1 N–H and O–H groups in total. The molecule has 0 radical (unpaired) electrons. The van der Waals surface area contributed by atoms with Crippen molar-refractivity contribution in [1.82, 2.24) is 4.90 Å². The Morgan fingerprint density at radius 3 is 2.35 bits per heavy atom. The van der Waals surface area contributed by atoms with E-state index in [4.69, 9.17) is 4.74 Å². The predicted octanol–water partition coefficient (Wildman–Crippen LogP) is 2.99. The molecule has 3 rings (SSSR count). The van der Waals surface area contributed by atoms with E-state index in [0.717, 1.165) is 24.2 Å². The van der Waals surface area contributed by atoms with Crippen LogP contribution in [-0.2, 0) is 0 Å². The van der Waals surface area contributed by atoms with Gasteiger partial charge in [-0.05, 0) is 63.3 Å². The molecule has 1 aromatic carbocycles. The van der Waals surface area contributed by atoms with Crippen LogP contribution in [0.5, 0.6) is 5.75 Å². The molecule has 20 heavy (non-hydrogen) atoms. The van der Waals surface area contributed by atoms with Gasteiger partial charge in [-0.25, -0.2) is 0 Å². The van der Waals surface area contributed by atoms with E-state index >= 15 is 0 Å². The van der Waals surface area contributed by atoms with Gasteiger partial charge in [-0.1, -0.05) is 12.1 Å². The van der Waals surface area contributed by atoms with Crippen LogP contribution in [-0.4, -0.2) is 35.7 Å². The average Bonchev–Trinajstić information content (AvgIpc) is 2.68.